The first-order chi connectivity index (χ1) is 14.2. The zero-order valence-corrected chi connectivity index (χ0v) is 16.3. The van der Waals surface area contributed by atoms with Crippen LogP contribution in [0.3, 0.4) is 0 Å². The third-order valence-electron chi connectivity index (χ3n) is 4.42. The minimum Gasteiger partial charge on any atom is -0.354 e. The van der Waals surface area contributed by atoms with Crippen LogP contribution in [0.25, 0.3) is 33.0 Å². The smallest absolute Gasteiger partial charge is 0.184 e. The van der Waals surface area contributed by atoms with Gasteiger partial charge in [-0.05, 0) is 24.6 Å². The summed E-state index contributed by atoms with van der Waals surface area (Å²) >= 11 is 0. The summed E-state index contributed by atoms with van der Waals surface area (Å²) in [5.74, 6) is 0.426. The highest BCUT2D eigenvalue weighted by Crippen LogP contribution is 2.40. The van der Waals surface area contributed by atoms with Gasteiger partial charge in [-0.15, -0.1) is 0 Å². The molecule has 0 spiro atoms. The summed E-state index contributed by atoms with van der Waals surface area (Å²) in [6.07, 6.45) is 0. The standard InChI is InChI=1S/C22H16N4O2S/c1-15-11-13-17(14-12-15)29(27)22-20(18-9-5-6-10-19(18)24-26-23)25-28-21(22)16-7-3-2-4-8-16/h2-14H,1H3. The Morgan fingerprint density at radius 2 is 1.66 bits per heavy atom. The number of azide groups is 1. The van der Waals surface area contributed by atoms with Gasteiger partial charge in [-0.1, -0.05) is 82.6 Å². The lowest BCUT2D eigenvalue weighted by Crippen LogP contribution is -1.96. The first-order valence-corrected chi connectivity index (χ1v) is 10.0. The van der Waals surface area contributed by atoms with Gasteiger partial charge in [-0.2, -0.15) is 0 Å². The molecule has 0 bridgehead atoms. The van der Waals surface area contributed by atoms with Crippen LogP contribution in [-0.2, 0) is 10.8 Å². The van der Waals surface area contributed by atoms with E-state index >= 15 is 0 Å². The van der Waals surface area contributed by atoms with E-state index in [1.165, 1.54) is 0 Å². The predicted molar refractivity (Wildman–Crippen MR) is 112 cm³/mol. The monoisotopic (exact) mass is 400 g/mol. The third kappa shape index (κ3) is 3.69. The maximum Gasteiger partial charge on any atom is 0.184 e. The molecule has 0 fully saturated rings. The number of hydrogen-bond acceptors (Lipinski definition) is 4. The van der Waals surface area contributed by atoms with Crippen molar-refractivity contribution in [2.75, 3.05) is 0 Å². The third-order valence-corrected chi connectivity index (χ3v) is 5.87. The molecule has 1 unspecified atom stereocenters. The van der Waals surface area contributed by atoms with Crippen LogP contribution in [0.1, 0.15) is 5.56 Å². The molecule has 0 aliphatic carbocycles. The fourth-order valence-corrected chi connectivity index (χ4v) is 4.25. The second-order valence-electron chi connectivity index (χ2n) is 6.34. The topological polar surface area (TPSA) is 91.9 Å². The number of aromatic nitrogens is 1. The van der Waals surface area contributed by atoms with Crippen molar-refractivity contribution in [2.24, 2.45) is 5.11 Å². The molecule has 1 aromatic heterocycles. The van der Waals surface area contributed by atoms with Crippen LogP contribution in [0.2, 0.25) is 0 Å². The number of nitrogens with zero attached hydrogens (tertiary/aromatic N) is 4. The highest BCUT2D eigenvalue weighted by atomic mass is 32.2. The van der Waals surface area contributed by atoms with Gasteiger partial charge in [0.05, 0.1) is 10.8 Å². The van der Waals surface area contributed by atoms with Crippen LogP contribution in [0.15, 0.2) is 98.3 Å². The maximum absolute atomic E-state index is 13.6. The van der Waals surface area contributed by atoms with Gasteiger partial charge in [-0.3, -0.25) is 0 Å². The highest BCUT2D eigenvalue weighted by Gasteiger charge is 2.26. The van der Waals surface area contributed by atoms with E-state index in [-0.39, 0.29) is 0 Å². The van der Waals surface area contributed by atoms with Crippen LogP contribution in [0.4, 0.5) is 5.69 Å². The normalized spacial score (nSPS) is 11.6. The predicted octanol–water partition coefficient (Wildman–Crippen LogP) is 6.43. The average Bonchev–Trinajstić information content (AvgIpc) is 3.20. The van der Waals surface area contributed by atoms with Crippen LogP contribution in [-0.4, -0.2) is 9.37 Å². The number of rotatable bonds is 5. The fourth-order valence-electron chi connectivity index (χ4n) is 2.99. The minimum atomic E-state index is -1.55. The van der Waals surface area contributed by atoms with Crippen LogP contribution < -0.4 is 0 Å². The quantitative estimate of drug-likeness (QED) is 0.220. The molecule has 4 aromatic rings. The molecule has 7 heteroatoms. The highest BCUT2D eigenvalue weighted by molar-refractivity contribution is 7.85. The molecule has 0 radical (unpaired) electrons. The van der Waals surface area contributed by atoms with Gasteiger partial charge in [0.15, 0.2) is 5.76 Å². The maximum atomic E-state index is 13.6. The summed E-state index contributed by atoms with van der Waals surface area (Å²) in [6.45, 7) is 1.98. The molecule has 1 atom stereocenters. The second-order valence-corrected chi connectivity index (χ2v) is 7.76. The minimum absolute atomic E-state index is 0.394. The lowest BCUT2D eigenvalue weighted by Gasteiger charge is -2.07. The van der Waals surface area contributed by atoms with Gasteiger partial charge in [0.1, 0.15) is 10.6 Å². The number of hydrogen-bond donors (Lipinski definition) is 0. The molecule has 0 aliphatic heterocycles. The van der Waals surface area contributed by atoms with Crippen molar-refractivity contribution in [1.82, 2.24) is 5.16 Å². The van der Waals surface area contributed by atoms with E-state index in [0.29, 0.717) is 32.5 Å². The van der Waals surface area contributed by atoms with Crippen LogP contribution in [0.5, 0.6) is 0 Å². The summed E-state index contributed by atoms with van der Waals surface area (Å²) < 4.78 is 19.2. The van der Waals surface area contributed by atoms with E-state index in [1.54, 1.807) is 24.3 Å². The Kier molecular flexibility index (Phi) is 5.24. The molecular weight excluding hydrogens is 384 g/mol. The van der Waals surface area contributed by atoms with E-state index in [1.807, 2.05) is 61.5 Å². The van der Waals surface area contributed by atoms with Gasteiger partial charge in [0.2, 0.25) is 0 Å². The molecule has 0 saturated carbocycles. The van der Waals surface area contributed by atoms with Gasteiger partial charge >= 0.3 is 0 Å². The van der Waals surface area contributed by atoms with Crippen LogP contribution in [0, 0.1) is 6.92 Å². The van der Waals surface area contributed by atoms with Crippen molar-refractivity contribution in [3.8, 4) is 22.6 Å². The summed E-state index contributed by atoms with van der Waals surface area (Å²) in [5, 5.41) is 7.97. The molecular formula is C22H16N4O2S. The zero-order valence-electron chi connectivity index (χ0n) is 15.5. The van der Waals surface area contributed by atoms with E-state index in [0.717, 1.165) is 11.1 Å². The van der Waals surface area contributed by atoms with E-state index < -0.39 is 10.8 Å². The first-order valence-electron chi connectivity index (χ1n) is 8.87. The van der Waals surface area contributed by atoms with Crippen molar-refractivity contribution in [2.45, 2.75) is 16.7 Å². The molecule has 0 saturated heterocycles. The Bertz CT molecular complexity index is 1230. The van der Waals surface area contributed by atoms with Crippen molar-refractivity contribution >= 4 is 16.5 Å². The lowest BCUT2D eigenvalue weighted by atomic mass is 10.1. The van der Waals surface area contributed by atoms with Gasteiger partial charge < -0.3 is 4.52 Å². The molecule has 29 heavy (non-hydrogen) atoms. The Morgan fingerprint density at radius 1 is 0.966 bits per heavy atom. The number of benzene rings is 3. The summed E-state index contributed by atoms with van der Waals surface area (Å²) in [7, 11) is -1.55. The molecule has 142 valence electrons. The molecule has 0 N–H and O–H groups in total. The largest absolute Gasteiger partial charge is 0.354 e. The molecule has 0 aliphatic rings. The van der Waals surface area contributed by atoms with Crippen molar-refractivity contribution in [3.63, 3.8) is 0 Å². The van der Waals surface area contributed by atoms with E-state index in [4.69, 9.17) is 10.1 Å². The van der Waals surface area contributed by atoms with Crippen molar-refractivity contribution in [1.29, 1.82) is 0 Å². The van der Waals surface area contributed by atoms with Crippen molar-refractivity contribution in [3.05, 3.63) is 94.9 Å². The Balaban J connectivity index is 1.96. The average molecular weight is 400 g/mol. The van der Waals surface area contributed by atoms with Gasteiger partial charge in [0, 0.05) is 26.6 Å². The van der Waals surface area contributed by atoms with Crippen LogP contribution >= 0.6 is 0 Å². The number of aryl methyl sites for hydroxylation is 1. The van der Waals surface area contributed by atoms with Crippen molar-refractivity contribution < 1.29 is 8.73 Å². The fraction of sp³-hybridized carbons (Fsp3) is 0.0455. The van der Waals surface area contributed by atoms with Gasteiger partial charge in [0.25, 0.3) is 0 Å². The van der Waals surface area contributed by atoms with E-state index in [9.17, 15) is 4.21 Å². The summed E-state index contributed by atoms with van der Waals surface area (Å²) in [4.78, 5) is 3.97. The summed E-state index contributed by atoms with van der Waals surface area (Å²) in [5.41, 5.74) is 12.1. The molecule has 4 rings (SSSR count). The lowest BCUT2D eigenvalue weighted by molar-refractivity contribution is 0.433. The first kappa shape index (κ1) is 18.7. The van der Waals surface area contributed by atoms with Gasteiger partial charge in [-0.25, -0.2) is 4.21 Å². The molecule has 3 aromatic carbocycles. The Hall–Kier alpha value is -3.67. The SMILES string of the molecule is Cc1ccc(S(=O)c2c(-c3ccccc3N=[N+]=[N-])noc2-c2ccccc2)cc1. The summed E-state index contributed by atoms with van der Waals surface area (Å²) in [6, 6.07) is 23.9. The Morgan fingerprint density at radius 3 is 2.38 bits per heavy atom. The molecule has 6 nitrogen and oxygen atoms in total. The molecule has 1 heterocycles. The Labute approximate surface area is 169 Å². The van der Waals surface area contributed by atoms with E-state index in [2.05, 4.69) is 15.2 Å². The zero-order chi connectivity index (χ0) is 20.2. The second kappa shape index (κ2) is 8.14. The molecule has 0 amide bonds.